The van der Waals surface area contributed by atoms with E-state index in [1.807, 2.05) is 17.9 Å². The fraction of sp³-hybridized carbons (Fsp3) is 0.385. The van der Waals surface area contributed by atoms with Gasteiger partial charge in [0.25, 0.3) is 0 Å². The molecule has 2 rings (SSSR count). The van der Waals surface area contributed by atoms with Gasteiger partial charge >= 0.3 is 0 Å². The van der Waals surface area contributed by atoms with Crippen LogP contribution in [0, 0.1) is 0 Å². The van der Waals surface area contributed by atoms with Crippen molar-refractivity contribution in [2.24, 2.45) is 0 Å². The standard InChI is InChI=1S/C13H18N4/c1-4-10-6-12(5-2)17(16-10)13-7-11(14-3)8-15-9-13/h6-9,14H,4-5H2,1-3H3. The molecule has 2 heterocycles. The van der Waals surface area contributed by atoms with Crippen molar-refractivity contribution < 1.29 is 0 Å². The zero-order valence-corrected chi connectivity index (χ0v) is 10.6. The summed E-state index contributed by atoms with van der Waals surface area (Å²) in [4.78, 5) is 4.22. The molecule has 0 amide bonds. The van der Waals surface area contributed by atoms with Crippen molar-refractivity contribution in [2.75, 3.05) is 12.4 Å². The molecule has 0 aromatic carbocycles. The molecule has 1 N–H and O–H groups in total. The molecule has 0 aliphatic carbocycles. The zero-order chi connectivity index (χ0) is 12.3. The highest BCUT2D eigenvalue weighted by atomic mass is 15.3. The van der Waals surface area contributed by atoms with Crippen LogP contribution in [0.25, 0.3) is 5.69 Å². The Morgan fingerprint density at radius 2 is 2.00 bits per heavy atom. The van der Waals surface area contributed by atoms with Crippen LogP contribution in [0.1, 0.15) is 25.2 Å². The first-order valence-electron chi connectivity index (χ1n) is 5.99. The van der Waals surface area contributed by atoms with Crippen molar-refractivity contribution in [1.29, 1.82) is 0 Å². The third kappa shape index (κ3) is 2.30. The number of nitrogens with zero attached hydrogens (tertiary/aromatic N) is 3. The molecular formula is C13H18N4. The Hall–Kier alpha value is -1.84. The number of aromatic nitrogens is 3. The van der Waals surface area contributed by atoms with Crippen molar-refractivity contribution in [2.45, 2.75) is 26.7 Å². The first-order valence-corrected chi connectivity index (χ1v) is 5.99. The lowest BCUT2D eigenvalue weighted by Crippen LogP contribution is -2.03. The molecular weight excluding hydrogens is 212 g/mol. The van der Waals surface area contributed by atoms with Gasteiger partial charge in [0.15, 0.2) is 0 Å². The average Bonchev–Trinajstić information content (AvgIpc) is 2.82. The van der Waals surface area contributed by atoms with Crippen LogP contribution in [0.2, 0.25) is 0 Å². The Labute approximate surface area is 102 Å². The predicted molar refractivity (Wildman–Crippen MR) is 69.7 cm³/mol. The lowest BCUT2D eigenvalue weighted by molar-refractivity contribution is 0.791. The number of nitrogens with one attached hydrogen (secondary N) is 1. The average molecular weight is 230 g/mol. The molecule has 0 aliphatic rings. The third-order valence-electron chi connectivity index (χ3n) is 2.82. The monoisotopic (exact) mass is 230 g/mol. The van der Waals surface area contributed by atoms with Crippen molar-refractivity contribution in [1.82, 2.24) is 14.8 Å². The number of rotatable bonds is 4. The van der Waals surface area contributed by atoms with Gasteiger partial charge in [0.05, 0.1) is 29.5 Å². The van der Waals surface area contributed by atoms with Gasteiger partial charge < -0.3 is 5.32 Å². The van der Waals surface area contributed by atoms with Gasteiger partial charge in [-0.1, -0.05) is 13.8 Å². The summed E-state index contributed by atoms with van der Waals surface area (Å²) in [5, 5.41) is 7.69. The number of hydrogen-bond donors (Lipinski definition) is 1. The summed E-state index contributed by atoms with van der Waals surface area (Å²) in [5.41, 5.74) is 4.35. The minimum atomic E-state index is 0.957. The van der Waals surface area contributed by atoms with Crippen LogP contribution in [0.15, 0.2) is 24.5 Å². The number of aryl methyl sites for hydroxylation is 2. The highest BCUT2D eigenvalue weighted by Gasteiger charge is 2.07. The first kappa shape index (κ1) is 11.6. The van der Waals surface area contributed by atoms with Gasteiger partial charge in [-0.15, -0.1) is 0 Å². The van der Waals surface area contributed by atoms with E-state index >= 15 is 0 Å². The van der Waals surface area contributed by atoms with Crippen LogP contribution in [0.3, 0.4) is 0 Å². The Morgan fingerprint density at radius 1 is 1.18 bits per heavy atom. The van der Waals surface area contributed by atoms with E-state index in [2.05, 4.69) is 41.4 Å². The number of anilines is 1. The second-order valence-corrected chi connectivity index (χ2v) is 3.93. The van der Waals surface area contributed by atoms with Gasteiger partial charge in [-0.3, -0.25) is 4.98 Å². The van der Waals surface area contributed by atoms with Crippen LogP contribution < -0.4 is 5.32 Å². The van der Waals surface area contributed by atoms with Gasteiger partial charge in [0.2, 0.25) is 0 Å². The lowest BCUT2D eigenvalue weighted by Gasteiger charge is -2.07. The largest absolute Gasteiger partial charge is 0.387 e. The van der Waals surface area contributed by atoms with E-state index in [1.54, 1.807) is 6.20 Å². The summed E-state index contributed by atoms with van der Waals surface area (Å²) in [7, 11) is 1.89. The third-order valence-corrected chi connectivity index (χ3v) is 2.82. The van der Waals surface area contributed by atoms with Crippen molar-refractivity contribution in [3.8, 4) is 5.69 Å². The molecule has 90 valence electrons. The van der Waals surface area contributed by atoms with Crippen LogP contribution in [-0.4, -0.2) is 21.8 Å². The molecule has 0 aliphatic heterocycles. The van der Waals surface area contributed by atoms with E-state index in [0.29, 0.717) is 0 Å². The number of pyridine rings is 1. The molecule has 0 fully saturated rings. The summed E-state index contributed by atoms with van der Waals surface area (Å²) < 4.78 is 1.98. The molecule has 4 heteroatoms. The van der Waals surface area contributed by atoms with Crippen LogP contribution >= 0.6 is 0 Å². The van der Waals surface area contributed by atoms with E-state index in [4.69, 9.17) is 0 Å². The van der Waals surface area contributed by atoms with E-state index in [-0.39, 0.29) is 0 Å². The van der Waals surface area contributed by atoms with E-state index in [0.717, 1.165) is 29.9 Å². The van der Waals surface area contributed by atoms with E-state index in [1.165, 1.54) is 5.69 Å². The minimum absolute atomic E-state index is 0.957. The first-order chi connectivity index (χ1) is 8.28. The fourth-order valence-electron chi connectivity index (χ4n) is 1.80. The Morgan fingerprint density at radius 3 is 2.65 bits per heavy atom. The van der Waals surface area contributed by atoms with Gasteiger partial charge in [-0.2, -0.15) is 5.10 Å². The second kappa shape index (κ2) is 4.99. The Bertz CT molecular complexity index is 502. The molecule has 0 bridgehead atoms. The zero-order valence-electron chi connectivity index (χ0n) is 10.6. The van der Waals surface area contributed by atoms with Crippen molar-refractivity contribution in [3.05, 3.63) is 35.9 Å². The van der Waals surface area contributed by atoms with E-state index in [9.17, 15) is 0 Å². The lowest BCUT2D eigenvalue weighted by atomic mass is 10.2. The summed E-state index contributed by atoms with van der Waals surface area (Å²) in [6.45, 7) is 4.26. The van der Waals surface area contributed by atoms with Crippen LogP contribution in [0.5, 0.6) is 0 Å². The maximum Gasteiger partial charge on any atom is 0.0852 e. The summed E-state index contributed by atoms with van der Waals surface area (Å²) in [6.07, 6.45) is 5.57. The molecule has 0 atom stereocenters. The molecule has 0 saturated heterocycles. The highest BCUT2D eigenvalue weighted by Crippen LogP contribution is 2.16. The molecule has 0 spiro atoms. The summed E-state index contributed by atoms with van der Waals surface area (Å²) >= 11 is 0. The Kier molecular flexibility index (Phi) is 3.42. The maximum atomic E-state index is 4.59. The van der Waals surface area contributed by atoms with Crippen LogP contribution in [0.4, 0.5) is 5.69 Å². The molecule has 2 aromatic heterocycles. The molecule has 17 heavy (non-hydrogen) atoms. The maximum absolute atomic E-state index is 4.59. The quantitative estimate of drug-likeness (QED) is 0.877. The molecule has 4 nitrogen and oxygen atoms in total. The van der Waals surface area contributed by atoms with Gasteiger partial charge in [0, 0.05) is 12.7 Å². The highest BCUT2D eigenvalue weighted by molar-refractivity contribution is 5.48. The molecule has 0 unspecified atom stereocenters. The SMILES string of the molecule is CCc1cc(CC)n(-c2cncc(NC)c2)n1. The van der Waals surface area contributed by atoms with Crippen molar-refractivity contribution >= 4 is 5.69 Å². The smallest absolute Gasteiger partial charge is 0.0852 e. The van der Waals surface area contributed by atoms with Gasteiger partial charge in [-0.25, -0.2) is 4.68 Å². The summed E-state index contributed by atoms with van der Waals surface area (Å²) in [6, 6.07) is 4.21. The van der Waals surface area contributed by atoms with Gasteiger partial charge in [-0.05, 0) is 25.0 Å². The predicted octanol–water partition coefficient (Wildman–Crippen LogP) is 2.43. The van der Waals surface area contributed by atoms with Crippen molar-refractivity contribution in [3.63, 3.8) is 0 Å². The molecule has 0 radical (unpaired) electrons. The number of hydrogen-bond acceptors (Lipinski definition) is 3. The van der Waals surface area contributed by atoms with Crippen LogP contribution in [-0.2, 0) is 12.8 Å². The fourth-order valence-corrected chi connectivity index (χ4v) is 1.80. The van der Waals surface area contributed by atoms with Gasteiger partial charge in [0.1, 0.15) is 0 Å². The Balaban J connectivity index is 2.47. The molecule has 2 aromatic rings. The molecule has 0 saturated carbocycles. The normalized spacial score (nSPS) is 10.5. The topological polar surface area (TPSA) is 42.7 Å². The van der Waals surface area contributed by atoms with E-state index < -0.39 is 0 Å². The second-order valence-electron chi connectivity index (χ2n) is 3.93. The minimum Gasteiger partial charge on any atom is -0.387 e. The summed E-state index contributed by atoms with van der Waals surface area (Å²) in [5.74, 6) is 0.